The van der Waals surface area contributed by atoms with Gasteiger partial charge in [0.25, 0.3) is 0 Å². The van der Waals surface area contributed by atoms with E-state index in [9.17, 15) is 0 Å². The molecule has 1 aliphatic rings. The number of hydrogen-bond acceptors (Lipinski definition) is 0. The molecular formula is C52H57B. The summed E-state index contributed by atoms with van der Waals surface area (Å²) < 4.78 is 0. The normalized spacial score (nSPS) is 13.2. The maximum absolute atomic E-state index is 2.53. The largest absolute Gasteiger partial charge is 0.245 e. The lowest BCUT2D eigenvalue weighted by Gasteiger charge is -2.25. The van der Waals surface area contributed by atoms with Gasteiger partial charge in [-0.15, -0.1) is 0 Å². The summed E-state index contributed by atoms with van der Waals surface area (Å²) in [7, 11) is 0. The number of fused-ring (bicyclic) bond motifs is 3. The van der Waals surface area contributed by atoms with E-state index in [2.05, 4.69) is 210 Å². The van der Waals surface area contributed by atoms with Crippen molar-refractivity contribution in [3.63, 3.8) is 0 Å². The minimum atomic E-state index is 0.0217. The SMILES string of the molecule is CC(C)(C)c1ccc(-c2cccc(-c3ccc(C(C)(C)C)cc3)c2B2c3cc(C(C)(C)C)ccc3-c3cccc(-c4ccc(C(C)(C)C)cc4)c32)cc1. The van der Waals surface area contributed by atoms with Crippen LogP contribution in [-0.4, -0.2) is 6.71 Å². The molecule has 0 amide bonds. The van der Waals surface area contributed by atoms with Crippen molar-refractivity contribution in [3.8, 4) is 44.5 Å². The predicted octanol–water partition coefficient (Wildman–Crippen LogP) is 12.4. The van der Waals surface area contributed by atoms with Gasteiger partial charge in [0.1, 0.15) is 0 Å². The van der Waals surface area contributed by atoms with Crippen molar-refractivity contribution in [2.24, 2.45) is 0 Å². The third-order valence-corrected chi connectivity index (χ3v) is 11.5. The molecular weight excluding hydrogens is 635 g/mol. The lowest BCUT2D eigenvalue weighted by atomic mass is 9.36. The molecule has 0 fully saturated rings. The van der Waals surface area contributed by atoms with Crippen LogP contribution < -0.4 is 16.4 Å². The van der Waals surface area contributed by atoms with Gasteiger partial charge in [-0.25, -0.2) is 0 Å². The highest BCUT2D eigenvalue weighted by atomic mass is 14.3. The topological polar surface area (TPSA) is 0 Å². The highest BCUT2D eigenvalue weighted by Gasteiger charge is 2.39. The maximum Gasteiger partial charge on any atom is 0.245 e. The third kappa shape index (κ3) is 6.96. The Balaban J connectivity index is 1.55. The van der Waals surface area contributed by atoms with E-state index in [1.54, 1.807) is 0 Å². The smallest absolute Gasteiger partial charge is 0.0626 e. The molecule has 0 N–H and O–H groups in total. The van der Waals surface area contributed by atoms with Gasteiger partial charge in [0.15, 0.2) is 0 Å². The van der Waals surface area contributed by atoms with Gasteiger partial charge in [0, 0.05) is 0 Å². The molecule has 1 heteroatoms. The van der Waals surface area contributed by atoms with E-state index in [1.807, 2.05) is 0 Å². The molecule has 0 aromatic heterocycles. The summed E-state index contributed by atoms with van der Waals surface area (Å²) in [6, 6.07) is 49.4. The van der Waals surface area contributed by atoms with Crippen molar-refractivity contribution in [1.29, 1.82) is 0 Å². The van der Waals surface area contributed by atoms with Crippen LogP contribution in [0.3, 0.4) is 0 Å². The second-order valence-electron chi connectivity index (χ2n) is 19.5. The molecule has 0 saturated heterocycles. The molecule has 0 unspecified atom stereocenters. The van der Waals surface area contributed by atoms with E-state index in [0.717, 1.165) is 0 Å². The molecule has 6 aromatic carbocycles. The van der Waals surface area contributed by atoms with Crippen molar-refractivity contribution in [3.05, 3.63) is 150 Å². The molecule has 268 valence electrons. The van der Waals surface area contributed by atoms with Crippen LogP contribution in [-0.2, 0) is 21.7 Å². The van der Waals surface area contributed by atoms with Crippen LogP contribution in [0.25, 0.3) is 44.5 Å². The highest BCUT2D eigenvalue weighted by Crippen LogP contribution is 2.36. The van der Waals surface area contributed by atoms with E-state index in [0.29, 0.717) is 0 Å². The molecule has 0 aliphatic carbocycles. The Hall–Kier alpha value is -4.62. The average Bonchev–Trinajstić information content (AvgIpc) is 3.44. The summed E-state index contributed by atoms with van der Waals surface area (Å²) in [6.07, 6.45) is 0. The van der Waals surface area contributed by atoms with Gasteiger partial charge in [0.2, 0.25) is 6.71 Å². The van der Waals surface area contributed by atoms with Crippen LogP contribution in [0.2, 0.25) is 0 Å². The lowest BCUT2D eigenvalue weighted by molar-refractivity contribution is 0.590. The molecule has 7 rings (SSSR count). The molecule has 0 spiro atoms. The Kier molecular flexibility index (Phi) is 9.04. The summed E-state index contributed by atoms with van der Waals surface area (Å²) >= 11 is 0. The standard InChI is InChI=1S/C52H57B/c1-49(2,3)37-25-19-34(20-26-37)41-15-13-16-42(35-21-27-38(28-22-35)50(4,5)6)47(41)53-46-33-40(52(10,11)12)31-32-44(46)45-18-14-17-43(48(45)53)36-23-29-39(30-24-36)51(7,8)9/h13-33H,1-12H3. The van der Waals surface area contributed by atoms with Crippen molar-refractivity contribution in [1.82, 2.24) is 0 Å². The minimum Gasteiger partial charge on any atom is -0.0626 e. The summed E-state index contributed by atoms with van der Waals surface area (Å²) in [6.45, 7) is 27.7. The predicted molar refractivity (Wildman–Crippen MR) is 234 cm³/mol. The number of benzene rings is 6. The summed E-state index contributed by atoms with van der Waals surface area (Å²) in [5, 5.41) is 0. The van der Waals surface area contributed by atoms with Gasteiger partial charge in [0.05, 0.1) is 0 Å². The van der Waals surface area contributed by atoms with Crippen LogP contribution in [0.5, 0.6) is 0 Å². The van der Waals surface area contributed by atoms with Gasteiger partial charge in [-0.1, -0.05) is 227 Å². The first kappa shape index (κ1) is 36.7. The van der Waals surface area contributed by atoms with Gasteiger partial charge in [-0.05, 0) is 88.4 Å². The van der Waals surface area contributed by atoms with E-state index >= 15 is 0 Å². The van der Waals surface area contributed by atoms with Gasteiger partial charge < -0.3 is 0 Å². The number of rotatable bonds is 4. The highest BCUT2D eigenvalue weighted by molar-refractivity contribution is 7.01. The van der Waals surface area contributed by atoms with Gasteiger partial charge in [-0.2, -0.15) is 0 Å². The first-order chi connectivity index (χ1) is 24.8. The zero-order chi connectivity index (χ0) is 38.1. The molecule has 0 bridgehead atoms. The van der Waals surface area contributed by atoms with Crippen LogP contribution in [0.1, 0.15) is 105 Å². The summed E-state index contributed by atoms with van der Waals surface area (Å²) in [4.78, 5) is 0. The fraction of sp³-hybridized carbons (Fsp3) is 0.308. The molecule has 1 heterocycles. The Morgan fingerprint density at radius 3 is 0.943 bits per heavy atom. The van der Waals surface area contributed by atoms with E-state index in [1.165, 1.54) is 83.1 Å². The van der Waals surface area contributed by atoms with Crippen molar-refractivity contribution >= 4 is 23.1 Å². The zero-order valence-corrected chi connectivity index (χ0v) is 34.2. The Bertz CT molecular complexity index is 2200. The Morgan fingerprint density at radius 1 is 0.302 bits per heavy atom. The van der Waals surface area contributed by atoms with Crippen molar-refractivity contribution in [2.45, 2.75) is 105 Å². The zero-order valence-electron chi connectivity index (χ0n) is 34.2. The first-order valence-electron chi connectivity index (χ1n) is 19.6. The minimum absolute atomic E-state index is 0.0217. The summed E-state index contributed by atoms with van der Waals surface area (Å²) in [5.74, 6) is 0. The molecule has 0 radical (unpaired) electrons. The van der Waals surface area contributed by atoms with E-state index in [-0.39, 0.29) is 28.4 Å². The van der Waals surface area contributed by atoms with Crippen LogP contribution in [0.4, 0.5) is 0 Å². The molecule has 53 heavy (non-hydrogen) atoms. The Labute approximate surface area is 320 Å². The fourth-order valence-corrected chi connectivity index (χ4v) is 8.16. The maximum atomic E-state index is 2.53. The van der Waals surface area contributed by atoms with Crippen molar-refractivity contribution in [2.75, 3.05) is 0 Å². The van der Waals surface area contributed by atoms with Crippen LogP contribution in [0, 0.1) is 0 Å². The molecule has 6 aromatic rings. The third-order valence-electron chi connectivity index (χ3n) is 11.5. The number of hydrogen-bond donors (Lipinski definition) is 0. The second kappa shape index (κ2) is 13.1. The molecule has 1 aliphatic heterocycles. The molecule has 0 atom stereocenters. The Morgan fingerprint density at radius 2 is 0.604 bits per heavy atom. The first-order valence-corrected chi connectivity index (χ1v) is 19.6. The lowest BCUT2D eigenvalue weighted by Crippen LogP contribution is -2.51. The van der Waals surface area contributed by atoms with Gasteiger partial charge >= 0.3 is 0 Å². The van der Waals surface area contributed by atoms with Crippen LogP contribution in [0.15, 0.2) is 127 Å². The van der Waals surface area contributed by atoms with Gasteiger partial charge in [-0.3, -0.25) is 0 Å². The second-order valence-corrected chi connectivity index (χ2v) is 19.5. The van der Waals surface area contributed by atoms with Crippen LogP contribution >= 0.6 is 0 Å². The average molecular weight is 693 g/mol. The monoisotopic (exact) mass is 692 g/mol. The van der Waals surface area contributed by atoms with Crippen molar-refractivity contribution < 1.29 is 0 Å². The quantitative estimate of drug-likeness (QED) is 0.161. The summed E-state index contributed by atoms with van der Waals surface area (Å²) in [5.41, 5.74) is 20.3. The molecule has 0 nitrogen and oxygen atoms in total. The molecule has 0 saturated carbocycles. The fourth-order valence-electron chi connectivity index (χ4n) is 8.16. The van der Waals surface area contributed by atoms with E-state index < -0.39 is 0 Å². The van der Waals surface area contributed by atoms with E-state index in [4.69, 9.17) is 0 Å².